The highest BCUT2D eigenvalue weighted by Crippen LogP contribution is 2.40. The van der Waals surface area contributed by atoms with E-state index in [9.17, 15) is 0 Å². The van der Waals surface area contributed by atoms with Crippen LogP contribution in [0.1, 0.15) is 0 Å². The van der Waals surface area contributed by atoms with Crippen molar-refractivity contribution in [2.75, 3.05) is 4.90 Å². The van der Waals surface area contributed by atoms with Gasteiger partial charge < -0.3 is 4.90 Å². The monoisotopic (exact) mass is 561 g/mol. The van der Waals surface area contributed by atoms with E-state index in [1.165, 1.54) is 38.2 Å². The maximum Gasteiger partial charge on any atom is 0.146 e. The maximum atomic E-state index is 5.06. The van der Waals surface area contributed by atoms with Gasteiger partial charge in [-0.2, -0.15) is 0 Å². The lowest BCUT2D eigenvalue weighted by molar-refractivity contribution is 1.30. The molecule has 0 unspecified atom stereocenters. The molecule has 3 nitrogen and oxygen atoms in total. The summed E-state index contributed by atoms with van der Waals surface area (Å²) in [4.78, 5) is 7.41. The van der Waals surface area contributed by atoms with Crippen molar-refractivity contribution >= 4 is 66.2 Å². The van der Waals surface area contributed by atoms with Crippen molar-refractivity contribution in [3.05, 3.63) is 164 Å². The van der Waals surface area contributed by atoms with E-state index >= 15 is 0 Å². The van der Waals surface area contributed by atoms with Gasteiger partial charge in [-0.15, -0.1) is 0 Å². The van der Waals surface area contributed by atoms with Gasteiger partial charge in [0.1, 0.15) is 5.65 Å². The van der Waals surface area contributed by atoms with E-state index in [0.29, 0.717) is 0 Å². The number of hydrogen-bond acceptors (Lipinski definition) is 2. The van der Waals surface area contributed by atoms with Crippen molar-refractivity contribution < 1.29 is 0 Å². The fourth-order valence-corrected chi connectivity index (χ4v) is 6.70. The lowest BCUT2D eigenvalue weighted by Gasteiger charge is -2.27. The molecule has 0 saturated carbocycles. The Labute approximate surface area is 254 Å². The standard InChI is InChI=1S/C41H27N3/c1-2-13-31(14-3-1)43(38-20-10-12-29-11-4-5-15-33(29)38)32-24-21-28(22-25-32)30-23-26-35-36(27-30)34-16-6-8-18-39(34)44-40-19-9-7-17-37(40)42-41(35)44/h1-27H. The number of hydrogen-bond donors (Lipinski definition) is 0. The van der Waals surface area contributed by atoms with Gasteiger partial charge in [0.2, 0.25) is 0 Å². The van der Waals surface area contributed by atoms with E-state index in [1.807, 2.05) is 0 Å². The zero-order chi connectivity index (χ0) is 29.0. The zero-order valence-electron chi connectivity index (χ0n) is 23.9. The molecule has 0 atom stereocenters. The van der Waals surface area contributed by atoms with Crippen LogP contribution in [0.15, 0.2) is 164 Å². The third-order valence-electron chi connectivity index (χ3n) is 8.74. The molecule has 0 amide bonds. The Hall–Kier alpha value is -5.93. The molecule has 0 N–H and O–H groups in total. The third kappa shape index (κ3) is 3.80. The van der Waals surface area contributed by atoms with E-state index in [1.54, 1.807) is 0 Å². The summed E-state index contributed by atoms with van der Waals surface area (Å²) >= 11 is 0. The van der Waals surface area contributed by atoms with Gasteiger partial charge in [0.15, 0.2) is 0 Å². The molecular formula is C41H27N3. The van der Waals surface area contributed by atoms with Gasteiger partial charge >= 0.3 is 0 Å². The summed E-state index contributed by atoms with van der Waals surface area (Å²) in [5.74, 6) is 0. The molecular weight excluding hydrogens is 534 g/mol. The molecule has 0 aliphatic heterocycles. The van der Waals surface area contributed by atoms with Crippen LogP contribution < -0.4 is 4.90 Å². The normalized spacial score (nSPS) is 11.6. The Balaban J connectivity index is 1.20. The first kappa shape index (κ1) is 24.6. The fraction of sp³-hybridized carbons (Fsp3) is 0. The van der Waals surface area contributed by atoms with Crippen LogP contribution in [0.5, 0.6) is 0 Å². The second kappa shape index (κ2) is 9.82. The third-order valence-corrected chi connectivity index (χ3v) is 8.74. The van der Waals surface area contributed by atoms with Gasteiger partial charge in [0.25, 0.3) is 0 Å². The van der Waals surface area contributed by atoms with E-state index in [-0.39, 0.29) is 0 Å². The SMILES string of the molecule is c1ccc(N(c2ccc(-c3ccc4c(c3)c3ccccc3n3c5ccccc5nc43)cc2)c2cccc3ccccc23)cc1. The van der Waals surface area contributed by atoms with Crippen LogP contribution in [0.2, 0.25) is 0 Å². The minimum Gasteiger partial charge on any atom is -0.310 e. The van der Waals surface area contributed by atoms with Gasteiger partial charge in [-0.3, -0.25) is 4.40 Å². The van der Waals surface area contributed by atoms with Crippen molar-refractivity contribution in [1.82, 2.24) is 9.38 Å². The summed E-state index contributed by atoms with van der Waals surface area (Å²) in [7, 11) is 0. The number of aromatic nitrogens is 2. The first-order chi connectivity index (χ1) is 21.8. The predicted octanol–water partition coefficient (Wildman–Crippen LogP) is 11.1. The minimum absolute atomic E-state index is 0.996. The summed E-state index contributed by atoms with van der Waals surface area (Å²) in [6.45, 7) is 0. The fourth-order valence-electron chi connectivity index (χ4n) is 6.70. The van der Waals surface area contributed by atoms with Crippen molar-refractivity contribution in [1.29, 1.82) is 0 Å². The lowest BCUT2D eigenvalue weighted by Crippen LogP contribution is -2.10. The molecule has 3 heteroatoms. The molecule has 0 fully saturated rings. The summed E-state index contributed by atoms with van der Waals surface area (Å²) < 4.78 is 2.30. The lowest BCUT2D eigenvalue weighted by atomic mass is 9.98. The predicted molar refractivity (Wildman–Crippen MR) is 185 cm³/mol. The Bertz CT molecular complexity index is 2490. The molecule has 0 radical (unpaired) electrons. The molecule has 0 bridgehead atoms. The molecule has 0 spiro atoms. The van der Waals surface area contributed by atoms with Crippen LogP contribution in [0.4, 0.5) is 17.1 Å². The van der Waals surface area contributed by atoms with Gasteiger partial charge in [-0.05, 0) is 82.6 Å². The van der Waals surface area contributed by atoms with Gasteiger partial charge in [-0.25, -0.2) is 4.98 Å². The summed E-state index contributed by atoms with van der Waals surface area (Å²) in [5, 5.41) is 6.05. The molecule has 9 rings (SSSR count). The van der Waals surface area contributed by atoms with Crippen molar-refractivity contribution in [3.63, 3.8) is 0 Å². The van der Waals surface area contributed by atoms with E-state index < -0.39 is 0 Å². The average Bonchev–Trinajstić information content (AvgIpc) is 3.49. The number of nitrogens with zero attached hydrogens (tertiary/aromatic N) is 3. The maximum absolute atomic E-state index is 5.06. The summed E-state index contributed by atoms with van der Waals surface area (Å²) in [6, 6.07) is 58.5. The van der Waals surface area contributed by atoms with E-state index in [0.717, 1.165) is 39.1 Å². The van der Waals surface area contributed by atoms with Crippen LogP contribution in [0.3, 0.4) is 0 Å². The smallest absolute Gasteiger partial charge is 0.146 e. The molecule has 0 aliphatic carbocycles. The Kier molecular flexibility index (Phi) is 5.50. The highest BCUT2D eigenvalue weighted by molar-refractivity contribution is 6.14. The van der Waals surface area contributed by atoms with E-state index in [4.69, 9.17) is 4.98 Å². The topological polar surface area (TPSA) is 20.5 Å². The van der Waals surface area contributed by atoms with Crippen LogP contribution in [-0.2, 0) is 0 Å². The van der Waals surface area contributed by atoms with E-state index in [2.05, 4.69) is 173 Å². The number of pyridine rings is 1. The van der Waals surface area contributed by atoms with Crippen LogP contribution in [0, 0.1) is 0 Å². The highest BCUT2D eigenvalue weighted by Gasteiger charge is 2.17. The number of para-hydroxylation sites is 4. The zero-order valence-corrected chi connectivity index (χ0v) is 23.9. The molecule has 7 aromatic carbocycles. The largest absolute Gasteiger partial charge is 0.310 e. The number of anilines is 3. The van der Waals surface area contributed by atoms with Crippen LogP contribution in [-0.4, -0.2) is 9.38 Å². The van der Waals surface area contributed by atoms with Crippen LogP contribution in [0.25, 0.3) is 60.3 Å². The average molecular weight is 562 g/mol. The van der Waals surface area contributed by atoms with Gasteiger partial charge in [0.05, 0.1) is 22.2 Å². The molecule has 206 valence electrons. The highest BCUT2D eigenvalue weighted by atomic mass is 15.1. The molecule has 0 saturated heterocycles. The number of fused-ring (bicyclic) bond motifs is 9. The van der Waals surface area contributed by atoms with Gasteiger partial charge in [-0.1, -0.05) is 103 Å². The van der Waals surface area contributed by atoms with Crippen molar-refractivity contribution in [2.24, 2.45) is 0 Å². The second-order valence-electron chi connectivity index (χ2n) is 11.3. The summed E-state index contributed by atoms with van der Waals surface area (Å²) in [5.41, 5.74) is 10.1. The van der Waals surface area contributed by atoms with Gasteiger partial charge in [0, 0.05) is 27.5 Å². The Morgan fingerprint density at radius 2 is 1.09 bits per heavy atom. The first-order valence-electron chi connectivity index (χ1n) is 15.0. The molecule has 9 aromatic rings. The van der Waals surface area contributed by atoms with Crippen molar-refractivity contribution in [2.45, 2.75) is 0 Å². The van der Waals surface area contributed by atoms with Crippen molar-refractivity contribution in [3.8, 4) is 11.1 Å². The molecule has 2 heterocycles. The number of imidazole rings is 1. The number of rotatable bonds is 4. The molecule has 2 aromatic heterocycles. The minimum atomic E-state index is 0.996. The first-order valence-corrected chi connectivity index (χ1v) is 15.0. The molecule has 44 heavy (non-hydrogen) atoms. The Morgan fingerprint density at radius 1 is 0.432 bits per heavy atom. The Morgan fingerprint density at radius 3 is 1.95 bits per heavy atom. The van der Waals surface area contributed by atoms with Crippen LogP contribution >= 0.6 is 0 Å². The number of benzene rings is 7. The quantitative estimate of drug-likeness (QED) is 0.199. The summed E-state index contributed by atoms with van der Waals surface area (Å²) in [6.07, 6.45) is 0. The molecule has 0 aliphatic rings. The second-order valence-corrected chi connectivity index (χ2v) is 11.3.